The Morgan fingerprint density at radius 1 is 1.18 bits per heavy atom. The van der Waals surface area contributed by atoms with Gasteiger partial charge in [-0.3, -0.25) is 14.3 Å². The minimum Gasteiger partial charge on any atom is -0.372 e. The maximum Gasteiger partial charge on any atom is 0.255 e. The number of halogens is 1. The largest absolute Gasteiger partial charge is 0.372 e. The maximum absolute atomic E-state index is 14.3. The fourth-order valence-corrected chi connectivity index (χ4v) is 4.03. The molecular weight excluding hydrogens is 439 g/mol. The lowest BCUT2D eigenvalue weighted by Crippen LogP contribution is -2.34. The Hall–Kier alpha value is -3.92. The van der Waals surface area contributed by atoms with Crippen LogP contribution in [-0.4, -0.2) is 44.4 Å². The van der Waals surface area contributed by atoms with E-state index in [2.05, 4.69) is 20.1 Å². The second kappa shape index (κ2) is 9.14. The molecule has 0 N–H and O–H groups in total. The molecule has 0 saturated carbocycles. The van der Waals surface area contributed by atoms with E-state index in [9.17, 15) is 9.18 Å². The number of rotatable bonds is 4. The molecule has 1 aromatic carbocycles. The monoisotopic (exact) mass is 462 g/mol. The van der Waals surface area contributed by atoms with Crippen molar-refractivity contribution in [1.29, 1.82) is 0 Å². The van der Waals surface area contributed by atoms with E-state index in [1.807, 2.05) is 29.2 Å². The van der Waals surface area contributed by atoms with Crippen LogP contribution in [0.5, 0.6) is 0 Å². The summed E-state index contributed by atoms with van der Waals surface area (Å²) in [5, 5.41) is 4.00. The molecule has 5 rings (SSSR count). The average Bonchev–Trinajstić information content (AvgIpc) is 3.13. The molecule has 1 fully saturated rings. The van der Waals surface area contributed by atoms with Crippen LogP contribution >= 0.6 is 0 Å². The molecule has 4 aromatic rings. The molecule has 10 heteroatoms. The maximum atomic E-state index is 14.3. The van der Waals surface area contributed by atoms with Crippen LogP contribution in [0.1, 0.15) is 24.0 Å². The Morgan fingerprint density at radius 3 is 2.85 bits per heavy atom. The van der Waals surface area contributed by atoms with Gasteiger partial charge in [0.2, 0.25) is 17.7 Å². The van der Waals surface area contributed by atoms with Crippen molar-refractivity contribution < 1.29 is 13.7 Å². The Kier molecular flexibility index (Phi) is 5.89. The predicted octanol–water partition coefficient (Wildman–Crippen LogP) is 3.31. The molecule has 34 heavy (non-hydrogen) atoms. The van der Waals surface area contributed by atoms with Gasteiger partial charge in [-0.25, -0.2) is 9.37 Å². The van der Waals surface area contributed by atoms with Crippen molar-refractivity contribution in [3.63, 3.8) is 0 Å². The average molecular weight is 462 g/mol. The number of pyridine rings is 1. The number of ether oxygens (including phenoxy) is 1. The molecule has 1 saturated heterocycles. The topological polar surface area (TPSA) is 99.2 Å². The van der Waals surface area contributed by atoms with Gasteiger partial charge in [0.25, 0.3) is 5.56 Å². The predicted molar refractivity (Wildman–Crippen MR) is 123 cm³/mol. The van der Waals surface area contributed by atoms with Crippen molar-refractivity contribution in [2.75, 3.05) is 24.6 Å². The second-order valence-electron chi connectivity index (χ2n) is 8.12. The fourth-order valence-electron chi connectivity index (χ4n) is 4.03. The number of aromatic nitrogens is 5. The first-order chi connectivity index (χ1) is 16.5. The summed E-state index contributed by atoms with van der Waals surface area (Å²) < 4.78 is 27.1. The highest BCUT2D eigenvalue weighted by Crippen LogP contribution is 2.28. The fraction of sp³-hybridized carbons (Fsp3) is 0.292. The van der Waals surface area contributed by atoms with Crippen LogP contribution in [0.15, 0.2) is 58.1 Å². The smallest absolute Gasteiger partial charge is 0.255 e. The second-order valence-corrected chi connectivity index (χ2v) is 8.12. The van der Waals surface area contributed by atoms with Crippen LogP contribution in [-0.2, 0) is 11.8 Å². The van der Waals surface area contributed by atoms with Gasteiger partial charge in [-0.05, 0) is 24.1 Å². The van der Waals surface area contributed by atoms with Gasteiger partial charge in [0.1, 0.15) is 6.10 Å². The molecule has 174 valence electrons. The van der Waals surface area contributed by atoms with E-state index in [0.29, 0.717) is 37.4 Å². The molecule has 1 aliphatic rings. The van der Waals surface area contributed by atoms with E-state index in [-0.39, 0.29) is 22.9 Å². The highest BCUT2D eigenvalue weighted by Gasteiger charge is 2.24. The lowest BCUT2D eigenvalue weighted by atomic mass is 10.1. The number of anilines is 1. The zero-order chi connectivity index (χ0) is 23.7. The van der Waals surface area contributed by atoms with Gasteiger partial charge < -0.3 is 14.2 Å². The third-order valence-electron chi connectivity index (χ3n) is 5.76. The molecule has 4 heterocycles. The van der Waals surface area contributed by atoms with Crippen molar-refractivity contribution in [1.82, 2.24) is 24.7 Å². The van der Waals surface area contributed by atoms with Crippen molar-refractivity contribution in [3.8, 4) is 22.6 Å². The summed E-state index contributed by atoms with van der Waals surface area (Å²) in [4.78, 5) is 27.5. The minimum absolute atomic E-state index is 0.236. The Labute approximate surface area is 194 Å². The van der Waals surface area contributed by atoms with Crippen molar-refractivity contribution in [2.24, 2.45) is 7.05 Å². The van der Waals surface area contributed by atoms with E-state index < -0.39 is 5.82 Å². The molecule has 0 spiro atoms. The zero-order valence-corrected chi connectivity index (χ0v) is 18.8. The lowest BCUT2D eigenvalue weighted by molar-refractivity contribution is 0.0686. The number of aryl methyl sites for hydroxylation is 1. The Bertz CT molecular complexity index is 1390. The molecule has 1 aliphatic heterocycles. The third kappa shape index (κ3) is 4.32. The molecule has 9 nitrogen and oxygen atoms in total. The number of nitrogens with zero attached hydrogens (tertiary/aromatic N) is 6. The van der Waals surface area contributed by atoms with Gasteiger partial charge in [-0.2, -0.15) is 4.98 Å². The highest BCUT2D eigenvalue weighted by atomic mass is 19.1. The van der Waals surface area contributed by atoms with Crippen LogP contribution in [0.25, 0.3) is 22.6 Å². The lowest BCUT2D eigenvalue weighted by Gasteiger charge is -2.27. The summed E-state index contributed by atoms with van der Waals surface area (Å²) in [5.41, 5.74) is 2.02. The van der Waals surface area contributed by atoms with Crippen LogP contribution in [0.2, 0.25) is 0 Å². The van der Waals surface area contributed by atoms with E-state index in [1.54, 1.807) is 14.0 Å². The first-order valence-corrected chi connectivity index (χ1v) is 10.9. The quantitative estimate of drug-likeness (QED) is 0.456. The van der Waals surface area contributed by atoms with Gasteiger partial charge in [0.05, 0.1) is 18.4 Å². The van der Waals surface area contributed by atoms with Gasteiger partial charge in [0, 0.05) is 50.5 Å². The van der Waals surface area contributed by atoms with Crippen molar-refractivity contribution in [2.45, 2.75) is 19.4 Å². The Balaban J connectivity index is 1.49. The molecule has 0 bridgehead atoms. The van der Waals surface area contributed by atoms with Crippen LogP contribution in [0.3, 0.4) is 0 Å². The number of benzene rings is 1. The highest BCUT2D eigenvalue weighted by molar-refractivity contribution is 5.60. The van der Waals surface area contributed by atoms with Crippen LogP contribution in [0.4, 0.5) is 10.3 Å². The van der Waals surface area contributed by atoms with E-state index in [1.165, 1.54) is 22.9 Å². The molecule has 1 atom stereocenters. The summed E-state index contributed by atoms with van der Waals surface area (Å²) in [6, 6.07) is 10.7. The first-order valence-electron chi connectivity index (χ1n) is 10.9. The molecule has 0 aliphatic carbocycles. The zero-order valence-electron chi connectivity index (χ0n) is 18.8. The van der Waals surface area contributed by atoms with Crippen LogP contribution in [0, 0.1) is 12.7 Å². The van der Waals surface area contributed by atoms with Gasteiger partial charge in [0.15, 0.2) is 5.82 Å². The van der Waals surface area contributed by atoms with Gasteiger partial charge in [-0.15, -0.1) is 0 Å². The van der Waals surface area contributed by atoms with Crippen molar-refractivity contribution in [3.05, 3.63) is 76.4 Å². The van der Waals surface area contributed by atoms with Crippen LogP contribution < -0.4 is 10.5 Å². The minimum atomic E-state index is -0.528. The summed E-state index contributed by atoms with van der Waals surface area (Å²) in [6.45, 7) is 3.41. The standard InChI is InChI=1S/C24H23FN6O3/c1-15-27-23(29-34-15)17-6-3-5-16(11-17)21-14-31(9-4-10-33-21)24-28-20(12-22(32)30(24)2)18-7-8-26-13-19(18)25/h3,5-8,11-13,21H,4,9-10,14H2,1-2H3/t21-/m1/s1. The molecule has 0 unspecified atom stereocenters. The summed E-state index contributed by atoms with van der Waals surface area (Å²) in [6.07, 6.45) is 3.07. The van der Waals surface area contributed by atoms with Gasteiger partial charge >= 0.3 is 0 Å². The number of hydrogen-bond acceptors (Lipinski definition) is 8. The molecular formula is C24H23FN6O3. The molecule has 3 aromatic heterocycles. The van der Waals surface area contributed by atoms with E-state index in [0.717, 1.165) is 23.7 Å². The summed E-state index contributed by atoms with van der Waals surface area (Å²) in [5.74, 6) is 0.940. The van der Waals surface area contributed by atoms with Gasteiger partial charge in [-0.1, -0.05) is 23.4 Å². The SMILES string of the molecule is Cc1nc(-c2cccc([C@H]3CN(c4nc(-c5ccncc5F)cc(=O)n4C)CCCO3)c2)no1. The first kappa shape index (κ1) is 21.9. The third-order valence-corrected chi connectivity index (χ3v) is 5.76. The molecule has 0 amide bonds. The summed E-state index contributed by atoms with van der Waals surface area (Å²) in [7, 11) is 1.66. The normalized spacial score (nSPS) is 16.4. The van der Waals surface area contributed by atoms with E-state index >= 15 is 0 Å². The number of hydrogen-bond donors (Lipinski definition) is 0. The van der Waals surface area contributed by atoms with Crippen molar-refractivity contribution >= 4 is 5.95 Å². The Morgan fingerprint density at radius 2 is 2.06 bits per heavy atom. The molecule has 0 radical (unpaired) electrons. The summed E-state index contributed by atoms with van der Waals surface area (Å²) >= 11 is 0. The van der Waals surface area contributed by atoms with E-state index in [4.69, 9.17) is 9.26 Å².